The van der Waals surface area contributed by atoms with Crippen LogP contribution in [0.5, 0.6) is 5.75 Å². The van der Waals surface area contributed by atoms with Crippen LogP contribution in [0.2, 0.25) is 0 Å². The van der Waals surface area contributed by atoms with E-state index >= 15 is 0 Å². The summed E-state index contributed by atoms with van der Waals surface area (Å²) in [6.07, 6.45) is 5.82. The Labute approximate surface area is 170 Å². The maximum atomic E-state index is 12.5. The second-order valence-electron chi connectivity index (χ2n) is 7.05. The number of nitrogens with zero attached hydrogens (tertiary/aromatic N) is 4. The number of fused-ring (bicyclic) bond motifs is 1. The number of ether oxygens (including phenoxy) is 1. The van der Waals surface area contributed by atoms with Crippen LogP contribution in [0, 0.1) is 0 Å². The van der Waals surface area contributed by atoms with Crippen molar-refractivity contribution in [1.29, 1.82) is 0 Å². The number of hydrogen-bond acceptors (Lipinski definition) is 4. The highest BCUT2D eigenvalue weighted by atomic mass is 16.5. The monoisotopic (exact) mass is 388 g/mol. The molecule has 0 fully saturated rings. The fourth-order valence-electron chi connectivity index (χ4n) is 3.89. The third kappa shape index (κ3) is 3.42. The molecule has 0 aliphatic carbocycles. The third-order valence-corrected chi connectivity index (χ3v) is 5.46. The average Bonchev–Trinajstić information content (AvgIpc) is 3.16. The molecule has 1 aromatic carbocycles. The average molecular weight is 388 g/mol. The van der Waals surface area contributed by atoms with Crippen molar-refractivity contribution in [1.82, 2.24) is 19.7 Å². The highest BCUT2D eigenvalue weighted by Gasteiger charge is 2.32. The normalized spacial score (nSPS) is 15.7. The van der Waals surface area contributed by atoms with E-state index in [0.29, 0.717) is 13.1 Å². The van der Waals surface area contributed by atoms with E-state index in [4.69, 9.17) is 9.84 Å². The van der Waals surface area contributed by atoms with Gasteiger partial charge in [-0.3, -0.25) is 14.5 Å². The van der Waals surface area contributed by atoms with E-state index in [0.717, 1.165) is 40.2 Å². The second kappa shape index (κ2) is 7.91. The fraction of sp³-hybridized carbons (Fsp3) is 0.261. The number of hydrogen-bond donors (Lipinski definition) is 0. The van der Waals surface area contributed by atoms with Crippen molar-refractivity contribution in [3.63, 3.8) is 0 Å². The second-order valence-corrected chi connectivity index (χ2v) is 7.05. The lowest BCUT2D eigenvalue weighted by molar-refractivity contribution is -0.130. The van der Waals surface area contributed by atoms with Gasteiger partial charge in [0.2, 0.25) is 5.91 Å². The van der Waals surface area contributed by atoms with Gasteiger partial charge in [0.1, 0.15) is 11.4 Å². The van der Waals surface area contributed by atoms with Gasteiger partial charge in [-0.2, -0.15) is 5.10 Å². The quantitative estimate of drug-likeness (QED) is 0.622. The minimum atomic E-state index is -0.0454. The number of carbonyl (C=O) groups is 1. The van der Waals surface area contributed by atoms with Gasteiger partial charge in [0.15, 0.2) is 0 Å². The Bertz CT molecular complexity index is 1030. The maximum absolute atomic E-state index is 12.5. The lowest BCUT2D eigenvalue weighted by Gasteiger charge is -2.35. The summed E-state index contributed by atoms with van der Waals surface area (Å²) in [6.45, 7) is 6.94. The van der Waals surface area contributed by atoms with Gasteiger partial charge in [0.05, 0.1) is 31.9 Å². The molecule has 1 unspecified atom stereocenters. The summed E-state index contributed by atoms with van der Waals surface area (Å²) in [6, 6.07) is 12.0. The molecule has 29 heavy (non-hydrogen) atoms. The molecule has 4 rings (SSSR count). The molecule has 6 nitrogen and oxygen atoms in total. The van der Waals surface area contributed by atoms with Crippen LogP contribution in [0.15, 0.2) is 61.4 Å². The van der Waals surface area contributed by atoms with Crippen molar-refractivity contribution in [2.24, 2.45) is 0 Å². The molecule has 1 aliphatic heterocycles. The molecular weight excluding hydrogens is 364 g/mol. The Morgan fingerprint density at radius 1 is 1.21 bits per heavy atom. The topological polar surface area (TPSA) is 60.3 Å². The molecule has 1 amide bonds. The van der Waals surface area contributed by atoms with E-state index in [-0.39, 0.29) is 11.9 Å². The molecule has 0 spiro atoms. The Balaban J connectivity index is 1.88. The molecule has 148 valence electrons. The molecule has 2 aromatic heterocycles. The zero-order valence-corrected chi connectivity index (χ0v) is 16.7. The van der Waals surface area contributed by atoms with Crippen LogP contribution in [0.25, 0.3) is 22.4 Å². The van der Waals surface area contributed by atoms with Gasteiger partial charge in [-0.05, 0) is 54.5 Å². The van der Waals surface area contributed by atoms with E-state index in [1.807, 2.05) is 41.3 Å². The summed E-state index contributed by atoms with van der Waals surface area (Å²) in [7, 11) is 1.66. The lowest BCUT2D eigenvalue weighted by atomic mass is 9.98. The number of benzene rings is 1. The maximum Gasteiger partial charge on any atom is 0.246 e. The van der Waals surface area contributed by atoms with E-state index in [1.165, 1.54) is 6.08 Å². The van der Waals surface area contributed by atoms with Crippen molar-refractivity contribution in [2.75, 3.05) is 7.11 Å². The van der Waals surface area contributed by atoms with E-state index < -0.39 is 0 Å². The standard InChI is InChI=1S/C23H24N4O2/c1-4-18-14-27-20(15-26(18)21(28)5-2)22(16-10-12-24-13-11-16)23(25-27)17-6-8-19(29-3)9-7-17/h5-13,18H,2,4,14-15H2,1,3H3. The van der Waals surface area contributed by atoms with Gasteiger partial charge in [0.25, 0.3) is 0 Å². The van der Waals surface area contributed by atoms with Crippen LogP contribution in [0.1, 0.15) is 19.0 Å². The Morgan fingerprint density at radius 2 is 1.93 bits per heavy atom. The fourth-order valence-corrected chi connectivity index (χ4v) is 3.89. The Hall–Kier alpha value is -3.41. The third-order valence-electron chi connectivity index (χ3n) is 5.46. The molecule has 0 N–H and O–H groups in total. The number of pyridine rings is 1. The first-order valence-corrected chi connectivity index (χ1v) is 9.73. The van der Waals surface area contributed by atoms with Gasteiger partial charge in [-0.15, -0.1) is 0 Å². The van der Waals surface area contributed by atoms with Gasteiger partial charge < -0.3 is 9.64 Å². The Morgan fingerprint density at radius 3 is 2.55 bits per heavy atom. The summed E-state index contributed by atoms with van der Waals surface area (Å²) >= 11 is 0. The van der Waals surface area contributed by atoms with E-state index in [1.54, 1.807) is 19.5 Å². The molecule has 1 atom stereocenters. The van der Waals surface area contributed by atoms with E-state index in [9.17, 15) is 4.79 Å². The largest absolute Gasteiger partial charge is 0.497 e. The van der Waals surface area contributed by atoms with Crippen LogP contribution in [-0.2, 0) is 17.9 Å². The first-order valence-electron chi connectivity index (χ1n) is 9.73. The van der Waals surface area contributed by atoms with Crippen LogP contribution < -0.4 is 4.74 Å². The number of rotatable bonds is 5. The van der Waals surface area contributed by atoms with Crippen LogP contribution in [0.3, 0.4) is 0 Å². The molecule has 0 saturated heterocycles. The predicted molar refractivity (Wildman–Crippen MR) is 112 cm³/mol. The summed E-state index contributed by atoms with van der Waals surface area (Å²) in [5, 5.41) is 4.96. The van der Waals surface area contributed by atoms with E-state index in [2.05, 4.69) is 23.2 Å². The smallest absolute Gasteiger partial charge is 0.246 e. The van der Waals surface area contributed by atoms with Gasteiger partial charge in [0, 0.05) is 23.5 Å². The minimum absolute atomic E-state index is 0.0454. The number of aromatic nitrogens is 3. The summed E-state index contributed by atoms with van der Waals surface area (Å²) in [4.78, 5) is 18.5. The Kier molecular flexibility index (Phi) is 5.16. The van der Waals surface area contributed by atoms with Crippen LogP contribution >= 0.6 is 0 Å². The van der Waals surface area contributed by atoms with Crippen molar-refractivity contribution in [3.8, 4) is 28.1 Å². The number of amides is 1. The van der Waals surface area contributed by atoms with Crippen molar-refractivity contribution in [2.45, 2.75) is 32.5 Å². The molecule has 3 aromatic rings. The predicted octanol–water partition coefficient (Wildman–Crippen LogP) is 3.93. The summed E-state index contributed by atoms with van der Waals surface area (Å²) in [5.41, 5.74) is 5.01. The first-order chi connectivity index (χ1) is 14.2. The molecule has 3 heterocycles. The van der Waals surface area contributed by atoms with Gasteiger partial charge >= 0.3 is 0 Å². The summed E-state index contributed by atoms with van der Waals surface area (Å²) in [5.74, 6) is 0.757. The van der Waals surface area contributed by atoms with Crippen molar-refractivity contribution < 1.29 is 9.53 Å². The lowest BCUT2D eigenvalue weighted by Crippen LogP contribution is -2.45. The van der Waals surface area contributed by atoms with Crippen molar-refractivity contribution >= 4 is 5.91 Å². The molecule has 1 aliphatic rings. The minimum Gasteiger partial charge on any atom is -0.497 e. The molecule has 6 heteroatoms. The molecule has 0 radical (unpaired) electrons. The highest BCUT2D eigenvalue weighted by molar-refractivity contribution is 5.88. The van der Waals surface area contributed by atoms with Crippen LogP contribution in [0.4, 0.5) is 0 Å². The zero-order chi connectivity index (χ0) is 20.4. The zero-order valence-electron chi connectivity index (χ0n) is 16.7. The molecule has 0 saturated carbocycles. The number of methoxy groups -OCH3 is 1. The first kappa shape index (κ1) is 18.9. The molecule has 0 bridgehead atoms. The summed E-state index contributed by atoms with van der Waals surface area (Å²) < 4.78 is 7.35. The highest BCUT2D eigenvalue weighted by Crippen LogP contribution is 2.38. The van der Waals surface area contributed by atoms with Crippen molar-refractivity contribution in [3.05, 3.63) is 67.1 Å². The van der Waals surface area contributed by atoms with Gasteiger partial charge in [-0.1, -0.05) is 13.5 Å². The SMILES string of the molecule is C=CC(=O)N1Cc2c(-c3ccncc3)c(-c3ccc(OC)cc3)nn2CC1CC. The molecular formula is C23H24N4O2. The van der Waals surface area contributed by atoms with Gasteiger partial charge in [-0.25, -0.2) is 0 Å². The number of carbonyl (C=O) groups excluding carboxylic acids is 1. The van der Waals surface area contributed by atoms with Crippen LogP contribution in [-0.4, -0.2) is 38.7 Å².